The van der Waals surface area contributed by atoms with Gasteiger partial charge in [-0.3, -0.25) is 0 Å². The maximum Gasteiger partial charge on any atom is 0.186 e. The maximum atomic E-state index is 9.06. The summed E-state index contributed by atoms with van der Waals surface area (Å²) >= 11 is 0. The average Bonchev–Trinajstić information content (AvgIpc) is 2.14. The zero-order valence-corrected chi connectivity index (χ0v) is 10.7. The van der Waals surface area contributed by atoms with Crippen LogP contribution >= 0.6 is 0 Å². The molecule has 0 aliphatic heterocycles. The monoisotopic (exact) mass is 219 g/mol. The molecule has 80 valence electrons. The number of rotatable bonds is 3. The lowest BCUT2D eigenvalue weighted by atomic mass is 10.1. The molecule has 0 radical (unpaired) electrons. The SMILES string of the molecule is Cc1ccc([C@H](C#N)O[Si](C)(C)C)cc1. The molecule has 0 spiro atoms. The van der Waals surface area contributed by atoms with Crippen LogP contribution in [0.5, 0.6) is 0 Å². The van der Waals surface area contributed by atoms with E-state index in [1.165, 1.54) is 5.56 Å². The van der Waals surface area contributed by atoms with Gasteiger partial charge in [-0.25, -0.2) is 0 Å². The molecule has 0 saturated carbocycles. The van der Waals surface area contributed by atoms with Crippen molar-refractivity contribution in [1.82, 2.24) is 0 Å². The van der Waals surface area contributed by atoms with Gasteiger partial charge in [0.2, 0.25) is 0 Å². The molecule has 15 heavy (non-hydrogen) atoms. The summed E-state index contributed by atoms with van der Waals surface area (Å²) in [7, 11) is -1.66. The van der Waals surface area contributed by atoms with Crippen LogP contribution in [-0.2, 0) is 4.43 Å². The first-order chi connectivity index (χ1) is 6.92. The molecule has 3 heteroatoms. The minimum atomic E-state index is -1.66. The normalized spacial score (nSPS) is 13.3. The van der Waals surface area contributed by atoms with Gasteiger partial charge in [-0.2, -0.15) is 5.26 Å². The van der Waals surface area contributed by atoms with Crippen LogP contribution in [0.1, 0.15) is 17.2 Å². The number of aryl methyl sites for hydroxylation is 1. The van der Waals surface area contributed by atoms with Crippen LogP contribution in [0, 0.1) is 18.3 Å². The predicted octanol–water partition coefficient (Wildman–Crippen LogP) is 3.41. The van der Waals surface area contributed by atoms with Gasteiger partial charge in [0.05, 0.1) is 6.07 Å². The van der Waals surface area contributed by atoms with Crippen molar-refractivity contribution in [1.29, 1.82) is 5.26 Å². The molecule has 1 atom stereocenters. The highest BCUT2D eigenvalue weighted by atomic mass is 28.4. The van der Waals surface area contributed by atoms with E-state index in [0.717, 1.165) is 5.56 Å². The van der Waals surface area contributed by atoms with Crippen LogP contribution in [0.15, 0.2) is 24.3 Å². The Balaban J connectivity index is 2.85. The first-order valence-electron chi connectivity index (χ1n) is 5.06. The molecule has 0 aromatic heterocycles. The Kier molecular flexibility index (Phi) is 3.67. The van der Waals surface area contributed by atoms with Crippen LogP contribution in [0.3, 0.4) is 0 Å². The molecule has 0 N–H and O–H groups in total. The third kappa shape index (κ3) is 3.86. The van der Waals surface area contributed by atoms with E-state index >= 15 is 0 Å². The molecule has 0 unspecified atom stereocenters. The minimum Gasteiger partial charge on any atom is -0.399 e. The quantitative estimate of drug-likeness (QED) is 0.730. The van der Waals surface area contributed by atoms with Crippen molar-refractivity contribution >= 4 is 8.32 Å². The number of hydrogen-bond acceptors (Lipinski definition) is 2. The molecular formula is C12H17NOSi. The summed E-state index contributed by atoms with van der Waals surface area (Å²) in [6.07, 6.45) is -0.419. The van der Waals surface area contributed by atoms with Crippen molar-refractivity contribution < 1.29 is 4.43 Å². The Morgan fingerprint density at radius 2 is 1.73 bits per heavy atom. The minimum absolute atomic E-state index is 0.419. The van der Waals surface area contributed by atoms with E-state index in [1.54, 1.807) is 0 Å². The van der Waals surface area contributed by atoms with E-state index in [4.69, 9.17) is 9.69 Å². The first-order valence-corrected chi connectivity index (χ1v) is 8.47. The van der Waals surface area contributed by atoms with Crippen LogP contribution in [0.4, 0.5) is 0 Å². The highest BCUT2D eigenvalue weighted by Crippen LogP contribution is 2.21. The second kappa shape index (κ2) is 4.60. The molecular weight excluding hydrogens is 202 g/mol. The van der Waals surface area contributed by atoms with E-state index in [1.807, 2.05) is 31.2 Å². The van der Waals surface area contributed by atoms with Gasteiger partial charge in [-0.15, -0.1) is 0 Å². The molecule has 2 nitrogen and oxygen atoms in total. The Bertz CT molecular complexity index is 359. The predicted molar refractivity (Wildman–Crippen MR) is 64.0 cm³/mol. The molecule has 0 saturated heterocycles. The van der Waals surface area contributed by atoms with Gasteiger partial charge in [-0.05, 0) is 32.1 Å². The maximum absolute atomic E-state index is 9.06. The van der Waals surface area contributed by atoms with E-state index < -0.39 is 14.4 Å². The Morgan fingerprint density at radius 3 is 2.13 bits per heavy atom. The summed E-state index contributed by atoms with van der Waals surface area (Å²) in [5, 5.41) is 9.06. The van der Waals surface area contributed by atoms with Gasteiger partial charge >= 0.3 is 0 Å². The number of hydrogen-bond donors (Lipinski definition) is 0. The van der Waals surface area contributed by atoms with Crippen LogP contribution in [-0.4, -0.2) is 8.32 Å². The molecule has 0 fully saturated rings. The summed E-state index contributed by atoms with van der Waals surface area (Å²) in [5.74, 6) is 0. The highest BCUT2D eigenvalue weighted by Gasteiger charge is 2.21. The highest BCUT2D eigenvalue weighted by molar-refractivity contribution is 6.69. The van der Waals surface area contributed by atoms with Crippen LogP contribution in [0.25, 0.3) is 0 Å². The fourth-order valence-electron chi connectivity index (χ4n) is 1.26. The number of nitrogens with zero attached hydrogens (tertiary/aromatic N) is 1. The molecule has 0 aliphatic rings. The Hall–Kier alpha value is -1.11. The Morgan fingerprint density at radius 1 is 1.20 bits per heavy atom. The van der Waals surface area contributed by atoms with Crippen molar-refractivity contribution in [2.75, 3.05) is 0 Å². The molecule has 1 aromatic carbocycles. The van der Waals surface area contributed by atoms with Gasteiger partial charge in [0.15, 0.2) is 14.4 Å². The summed E-state index contributed by atoms with van der Waals surface area (Å²) in [5.41, 5.74) is 2.15. The molecule has 0 amide bonds. The van der Waals surface area contributed by atoms with Gasteiger partial charge in [-0.1, -0.05) is 29.8 Å². The zero-order valence-electron chi connectivity index (χ0n) is 9.74. The lowest BCUT2D eigenvalue weighted by molar-refractivity contribution is 0.255. The van der Waals surface area contributed by atoms with Crippen molar-refractivity contribution in [3.8, 4) is 6.07 Å². The summed E-state index contributed by atoms with van der Waals surface area (Å²) < 4.78 is 5.79. The second-order valence-corrected chi connectivity index (χ2v) is 9.11. The lowest BCUT2D eigenvalue weighted by Gasteiger charge is -2.21. The third-order valence-electron chi connectivity index (χ3n) is 1.97. The molecule has 0 aliphatic carbocycles. The summed E-state index contributed by atoms with van der Waals surface area (Å²) in [6.45, 7) is 8.30. The fourth-order valence-corrected chi connectivity index (χ4v) is 2.16. The van der Waals surface area contributed by atoms with E-state index in [2.05, 4.69) is 25.7 Å². The lowest BCUT2D eigenvalue weighted by Crippen LogP contribution is -2.27. The van der Waals surface area contributed by atoms with Gasteiger partial charge < -0.3 is 4.43 Å². The van der Waals surface area contributed by atoms with Gasteiger partial charge in [0, 0.05) is 0 Å². The smallest absolute Gasteiger partial charge is 0.186 e. The second-order valence-electron chi connectivity index (χ2n) is 4.65. The van der Waals surface area contributed by atoms with Gasteiger partial charge in [0.1, 0.15) is 0 Å². The van der Waals surface area contributed by atoms with Crippen molar-refractivity contribution in [3.63, 3.8) is 0 Å². The molecule has 1 rings (SSSR count). The van der Waals surface area contributed by atoms with Crippen molar-refractivity contribution in [2.45, 2.75) is 32.7 Å². The molecule has 0 heterocycles. The van der Waals surface area contributed by atoms with Crippen LogP contribution < -0.4 is 0 Å². The fraction of sp³-hybridized carbons (Fsp3) is 0.417. The van der Waals surface area contributed by atoms with E-state index in [-0.39, 0.29) is 0 Å². The first kappa shape index (κ1) is 12.0. The third-order valence-corrected chi connectivity index (χ3v) is 2.91. The zero-order chi connectivity index (χ0) is 11.5. The van der Waals surface area contributed by atoms with Crippen molar-refractivity contribution in [2.24, 2.45) is 0 Å². The van der Waals surface area contributed by atoms with E-state index in [0.29, 0.717) is 0 Å². The molecule has 1 aromatic rings. The summed E-state index contributed by atoms with van der Waals surface area (Å²) in [4.78, 5) is 0. The largest absolute Gasteiger partial charge is 0.399 e. The summed E-state index contributed by atoms with van der Waals surface area (Å²) in [6, 6.07) is 10.1. The van der Waals surface area contributed by atoms with Crippen molar-refractivity contribution in [3.05, 3.63) is 35.4 Å². The average molecular weight is 219 g/mol. The number of nitriles is 1. The van der Waals surface area contributed by atoms with Gasteiger partial charge in [0.25, 0.3) is 0 Å². The standard InChI is InChI=1S/C12H17NOSi/c1-10-5-7-11(8-6-10)12(9-13)14-15(2,3)4/h5-8,12H,1-4H3/t12-/m0/s1. The topological polar surface area (TPSA) is 33.0 Å². The molecule has 0 bridgehead atoms. The Labute approximate surface area is 92.6 Å². The van der Waals surface area contributed by atoms with Crippen LogP contribution in [0.2, 0.25) is 19.6 Å². The number of benzene rings is 1. The van der Waals surface area contributed by atoms with E-state index in [9.17, 15) is 0 Å².